The van der Waals surface area contributed by atoms with Crippen molar-refractivity contribution in [1.29, 1.82) is 5.26 Å². The van der Waals surface area contributed by atoms with Crippen LogP contribution in [0.3, 0.4) is 0 Å². The van der Waals surface area contributed by atoms with Crippen molar-refractivity contribution in [2.24, 2.45) is 5.41 Å². The Morgan fingerprint density at radius 2 is 2.11 bits per heavy atom. The molecule has 0 amide bonds. The van der Waals surface area contributed by atoms with Gasteiger partial charge in [0.1, 0.15) is 0 Å². The van der Waals surface area contributed by atoms with Crippen molar-refractivity contribution in [3.05, 3.63) is 29.8 Å². The van der Waals surface area contributed by atoms with Gasteiger partial charge in [0.2, 0.25) is 0 Å². The second-order valence-corrected chi connectivity index (χ2v) is 5.58. The van der Waals surface area contributed by atoms with Crippen molar-refractivity contribution in [2.45, 2.75) is 33.2 Å². The van der Waals surface area contributed by atoms with Crippen LogP contribution in [0, 0.1) is 16.7 Å². The number of nitrogen functional groups attached to an aromatic ring is 1. The summed E-state index contributed by atoms with van der Waals surface area (Å²) >= 11 is 0. The molecule has 0 saturated heterocycles. The lowest BCUT2D eigenvalue weighted by molar-refractivity contribution is 0.298. The van der Waals surface area contributed by atoms with Crippen molar-refractivity contribution in [2.75, 3.05) is 19.3 Å². The van der Waals surface area contributed by atoms with Crippen molar-refractivity contribution in [3.8, 4) is 6.07 Å². The van der Waals surface area contributed by atoms with E-state index in [2.05, 4.69) is 24.1 Å². The summed E-state index contributed by atoms with van der Waals surface area (Å²) in [5.41, 5.74) is 7.59. The molecule has 3 nitrogen and oxygen atoms in total. The number of hydrogen-bond donors (Lipinski definition) is 1. The van der Waals surface area contributed by atoms with Crippen molar-refractivity contribution in [1.82, 2.24) is 4.90 Å². The highest BCUT2D eigenvalue weighted by Crippen LogP contribution is 2.20. The zero-order valence-electron chi connectivity index (χ0n) is 11.6. The third-order valence-electron chi connectivity index (χ3n) is 3.05. The Labute approximate surface area is 110 Å². The van der Waals surface area contributed by atoms with E-state index in [1.807, 2.05) is 32.0 Å². The Bertz CT molecular complexity index is 418. The van der Waals surface area contributed by atoms with Crippen molar-refractivity contribution < 1.29 is 0 Å². The zero-order chi connectivity index (χ0) is 13.6. The molecule has 0 heterocycles. The Kier molecular flexibility index (Phi) is 5.18. The molecule has 0 radical (unpaired) electrons. The van der Waals surface area contributed by atoms with Gasteiger partial charge in [0.25, 0.3) is 0 Å². The smallest absolute Gasteiger partial charge is 0.0683 e. The Balaban J connectivity index is 2.35. The Morgan fingerprint density at radius 3 is 2.72 bits per heavy atom. The third kappa shape index (κ3) is 5.20. The summed E-state index contributed by atoms with van der Waals surface area (Å²) in [4.78, 5) is 2.27. The average molecular weight is 245 g/mol. The summed E-state index contributed by atoms with van der Waals surface area (Å²) in [6, 6.07) is 10.3. The maximum atomic E-state index is 8.95. The minimum atomic E-state index is -0.210. The van der Waals surface area contributed by atoms with Crippen LogP contribution in [-0.2, 0) is 6.54 Å². The molecule has 0 spiro atoms. The first-order valence-corrected chi connectivity index (χ1v) is 6.37. The summed E-state index contributed by atoms with van der Waals surface area (Å²) < 4.78 is 0. The van der Waals surface area contributed by atoms with Crippen molar-refractivity contribution >= 4 is 5.69 Å². The van der Waals surface area contributed by atoms with Crippen LogP contribution in [0.2, 0.25) is 0 Å². The topological polar surface area (TPSA) is 53.0 Å². The van der Waals surface area contributed by atoms with E-state index in [-0.39, 0.29) is 5.41 Å². The molecule has 0 fully saturated rings. The molecule has 0 aliphatic heterocycles. The molecular weight excluding hydrogens is 222 g/mol. The summed E-state index contributed by atoms with van der Waals surface area (Å²) in [6.07, 6.45) is 1.98. The Morgan fingerprint density at radius 1 is 1.39 bits per heavy atom. The molecule has 3 heteroatoms. The van der Waals surface area contributed by atoms with Gasteiger partial charge in [-0.15, -0.1) is 0 Å². The normalized spacial score (nSPS) is 11.5. The number of rotatable bonds is 6. The van der Waals surface area contributed by atoms with Gasteiger partial charge in [-0.1, -0.05) is 12.1 Å². The maximum absolute atomic E-state index is 8.95. The second-order valence-electron chi connectivity index (χ2n) is 5.58. The van der Waals surface area contributed by atoms with Crippen LogP contribution < -0.4 is 5.73 Å². The number of nitrogens with zero attached hydrogens (tertiary/aromatic N) is 2. The molecule has 0 aliphatic rings. The predicted octanol–water partition coefficient (Wildman–Crippen LogP) is 3.03. The van der Waals surface area contributed by atoms with Gasteiger partial charge in [-0.3, -0.25) is 0 Å². The molecule has 1 rings (SSSR count). The molecular formula is C15H23N3. The monoisotopic (exact) mass is 245 g/mol. The summed E-state index contributed by atoms with van der Waals surface area (Å²) in [6.45, 7) is 5.88. The first kappa shape index (κ1) is 14.5. The lowest BCUT2D eigenvalue weighted by atomic mass is 9.90. The standard InChI is InChI=1S/C15H23N3/c1-15(2,12-16)8-5-9-18(3)11-13-6-4-7-14(17)10-13/h4,6-7,10H,5,8-9,11,17H2,1-3H3. The fourth-order valence-corrected chi connectivity index (χ4v) is 1.93. The van der Waals surface area contributed by atoms with Gasteiger partial charge in [-0.25, -0.2) is 0 Å². The predicted molar refractivity (Wildman–Crippen MR) is 75.8 cm³/mol. The van der Waals surface area contributed by atoms with Gasteiger partial charge < -0.3 is 10.6 Å². The molecule has 0 bridgehead atoms. The molecule has 2 N–H and O–H groups in total. The van der Waals surface area contributed by atoms with Gasteiger partial charge in [-0.2, -0.15) is 5.26 Å². The summed E-state index contributed by atoms with van der Waals surface area (Å²) in [7, 11) is 2.10. The molecule has 0 atom stereocenters. The molecule has 18 heavy (non-hydrogen) atoms. The number of nitrogens with two attached hydrogens (primary N) is 1. The van der Waals surface area contributed by atoms with Gasteiger partial charge in [0.15, 0.2) is 0 Å². The van der Waals surface area contributed by atoms with Crippen LogP contribution >= 0.6 is 0 Å². The fraction of sp³-hybridized carbons (Fsp3) is 0.533. The fourth-order valence-electron chi connectivity index (χ4n) is 1.93. The van der Waals surface area contributed by atoms with Crippen LogP contribution in [0.5, 0.6) is 0 Å². The SMILES string of the molecule is CN(CCCC(C)(C)C#N)Cc1cccc(N)c1. The van der Waals surface area contributed by atoms with E-state index in [1.165, 1.54) is 5.56 Å². The molecule has 98 valence electrons. The minimum Gasteiger partial charge on any atom is -0.399 e. The Hall–Kier alpha value is -1.53. The highest BCUT2D eigenvalue weighted by atomic mass is 15.1. The van der Waals surface area contributed by atoms with E-state index in [1.54, 1.807) is 0 Å². The lowest BCUT2D eigenvalue weighted by Crippen LogP contribution is -2.21. The highest BCUT2D eigenvalue weighted by molar-refractivity contribution is 5.40. The average Bonchev–Trinajstić information content (AvgIpc) is 2.28. The minimum absolute atomic E-state index is 0.210. The van der Waals surface area contributed by atoms with Crippen LogP contribution in [0.25, 0.3) is 0 Å². The number of nitriles is 1. The lowest BCUT2D eigenvalue weighted by Gasteiger charge is -2.20. The maximum Gasteiger partial charge on any atom is 0.0683 e. The summed E-state index contributed by atoms with van der Waals surface area (Å²) in [5.74, 6) is 0. The first-order valence-electron chi connectivity index (χ1n) is 6.37. The van der Waals surface area contributed by atoms with E-state index in [0.29, 0.717) is 0 Å². The van der Waals surface area contributed by atoms with Crippen LogP contribution in [0.15, 0.2) is 24.3 Å². The van der Waals surface area contributed by atoms with Gasteiger partial charge in [0.05, 0.1) is 11.5 Å². The molecule has 0 aliphatic carbocycles. The third-order valence-corrected chi connectivity index (χ3v) is 3.05. The van der Waals surface area contributed by atoms with Crippen molar-refractivity contribution in [3.63, 3.8) is 0 Å². The molecule has 1 aromatic rings. The van der Waals surface area contributed by atoms with E-state index < -0.39 is 0 Å². The van der Waals surface area contributed by atoms with E-state index in [0.717, 1.165) is 31.6 Å². The molecule has 0 unspecified atom stereocenters. The van der Waals surface area contributed by atoms with Crippen LogP contribution in [0.4, 0.5) is 5.69 Å². The molecule has 0 saturated carbocycles. The number of benzene rings is 1. The second kappa shape index (κ2) is 6.42. The number of hydrogen-bond acceptors (Lipinski definition) is 3. The quantitative estimate of drug-likeness (QED) is 0.784. The van der Waals surface area contributed by atoms with E-state index in [9.17, 15) is 0 Å². The first-order chi connectivity index (χ1) is 8.43. The van der Waals surface area contributed by atoms with Gasteiger partial charge >= 0.3 is 0 Å². The van der Waals surface area contributed by atoms with Gasteiger partial charge in [-0.05, 0) is 58.0 Å². The van der Waals surface area contributed by atoms with Gasteiger partial charge in [0, 0.05) is 12.2 Å². The number of anilines is 1. The molecule has 0 aromatic heterocycles. The van der Waals surface area contributed by atoms with Crippen LogP contribution in [0.1, 0.15) is 32.3 Å². The largest absolute Gasteiger partial charge is 0.399 e. The molecule has 1 aromatic carbocycles. The zero-order valence-corrected chi connectivity index (χ0v) is 11.6. The van der Waals surface area contributed by atoms with E-state index in [4.69, 9.17) is 11.0 Å². The van der Waals surface area contributed by atoms with Crippen LogP contribution in [-0.4, -0.2) is 18.5 Å². The highest BCUT2D eigenvalue weighted by Gasteiger charge is 2.15. The summed E-state index contributed by atoms with van der Waals surface area (Å²) in [5, 5.41) is 8.95. The van der Waals surface area contributed by atoms with E-state index >= 15 is 0 Å².